The Kier molecular flexibility index (Phi) is 7.94. The molecule has 0 spiro atoms. The minimum absolute atomic E-state index is 0.746. The average Bonchev–Trinajstić information content (AvgIpc) is 3.31. The summed E-state index contributed by atoms with van der Waals surface area (Å²) in [6.07, 6.45) is 7.90. The van der Waals surface area contributed by atoms with Crippen molar-refractivity contribution in [1.82, 2.24) is 9.47 Å². The van der Waals surface area contributed by atoms with Gasteiger partial charge in [-0.2, -0.15) is 0 Å². The Hall–Kier alpha value is -2.21. The van der Waals surface area contributed by atoms with Crippen molar-refractivity contribution >= 4 is 17.0 Å². The van der Waals surface area contributed by atoms with E-state index in [1.54, 1.807) is 11.3 Å². The molecule has 0 N–H and O–H groups in total. The molecule has 5 heteroatoms. The number of aryl methyl sites for hydroxylation is 1. The summed E-state index contributed by atoms with van der Waals surface area (Å²) in [5.41, 5.74) is 6.46. The summed E-state index contributed by atoms with van der Waals surface area (Å²) in [7, 11) is 0. The monoisotopic (exact) mass is 475 g/mol. The maximum Gasteiger partial charge on any atom is 0.190 e. The third-order valence-electron chi connectivity index (χ3n) is 7.39. The third kappa shape index (κ3) is 5.70. The Morgan fingerprint density at radius 3 is 2.35 bits per heavy atom. The average molecular weight is 476 g/mol. The first kappa shape index (κ1) is 23.5. The second-order valence-corrected chi connectivity index (χ2v) is 10.4. The Morgan fingerprint density at radius 2 is 1.65 bits per heavy atom. The van der Waals surface area contributed by atoms with Crippen molar-refractivity contribution < 1.29 is 4.74 Å². The van der Waals surface area contributed by atoms with Crippen LogP contribution >= 0.6 is 11.3 Å². The number of hydrogen-bond acceptors (Lipinski definition) is 4. The standard InChI is InChI=1S/C29H37N3OS/c1-2-23-8-14-27(15-9-23)30-29-32(17-16-31-18-20-33-21-19-31)28(22-34-29)26-12-10-25(11-13-26)24-6-4-3-5-7-24/h8-15,22,24H,2-7,16-21H2,1H3. The normalized spacial score (nSPS) is 18.4. The van der Waals surface area contributed by atoms with E-state index in [4.69, 9.17) is 9.73 Å². The summed E-state index contributed by atoms with van der Waals surface area (Å²) in [4.78, 5) is 8.63. The zero-order valence-electron chi connectivity index (χ0n) is 20.4. The van der Waals surface area contributed by atoms with E-state index >= 15 is 0 Å². The van der Waals surface area contributed by atoms with Gasteiger partial charge in [-0.25, -0.2) is 4.99 Å². The van der Waals surface area contributed by atoms with Gasteiger partial charge in [-0.15, -0.1) is 11.3 Å². The Morgan fingerprint density at radius 1 is 0.912 bits per heavy atom. The van der Waals surface area contributed by atoms with Gasteiger partial charge in [0.05, 0.1) is 24.6 Å². The van der Waals surface area contributed by atoms with Gasteiger partial charge in [-0.1, -0.05) is 62.6 Å². The Balaban J connectivity index is 1.43. The van der Waals surface area contributed by atoms with Gasteiger partial charge in [-0.05, 0) is 54.0 Å². The minimum atomic E-state index is 0.746. The molecule has 1 saturated carbocycles. The molecule has 0 radical (unpaired) electrons. The van der Waals surface area contributed by atoms with Crippen molar-refractivity contribution in [2.24, 2.45) is 4.99 Å². The fourth-order valence-electron chi connectivity index (χ4n) is 5.21. The first-order valence-corrected chi connectivity index (χ1v) is 13.9. The first-order chi connectivity index (χ1) is 16.8. The molecular formula is C29H37N3OS. The van der Waals surface area contributed by atoms with Gasteiger partial charge in [-0.3, -0.25) is 4.90 Å². The van der Waals surface area contributed by atoms with Crippen LogP contribution in [-0.4, -0.2) is 42.3 Å². The highest BCUT2D eigenvalue weighted by molar-refractivity contribution is 7.07. The van der Waals surface area contributed by atoms with Gasteiger partial charge in [0.1, 0.15) is 0 Å². The molecule has 1 aliphatic carbocycles. The highest BCUT2D eigenvalue weighted by Gasteiger charge is 2.17. The predicted octanol–water partition coefficient (Wildman–Crippen LogP) is 6.39. The van der Waals surface area contributed by atoms with Gasteiger partial charge >= 0.3 is 0 Å². The molecule has 0 bridgehead atoms. The first-order valence-electron chi connectivity index (χ1n) is 13.0. The number of ether oxygens (including phenoxy) is 1. The maximum absolute atomic E-state index is 5.55. The molecule has 4 nitrogen and oxygen atoms in total. The maximum atomic E-state index is 5.55. The summed E-state index contributed by atoms with van der Waals surface area (Å²) in [5, 5.41) is 2.29. The van der Waals surface area contributed by atoms with Crippen molar-refractivity contribution in [3.05, 3.63) is 69.8 Å². The summed E-state index contributed by atoms with van der Waals surface area (Å²) in [6, 6.07) is 18.1. The molecule has 0 unspecified atom stereocenters. The molecule has 2 fully saturated rings. The van der Waals surface area contributed by atoms with E-state index in [-0.39, 0.29) is 0 Å². The smallest absolute Gasteiger partial charge is 0.190 e. The minimum Gasteiger partial charge on any atom is -0.379 e. The van der Waals surface area contributed by atoms with Crippen molar-refractivity contribution in [3.63, 3.8) is 0 Å². The summed E-state index contributed by atoms with van der Waals surface area (Å²) >= 11 is 1.75. The molecule has 2 aromatic carbocycles. The molecule has 0 atom stereocenters. The largest absolute Gasteiger partial charge is 0.379 e. The second-order valence-electron chi connectivity index (χ2n) is 9.60. The molecule has 2 aliphatic rings. The molecule has 3 aromatic rings. The lowest BCUT2D eigenvalue weighted by Gasteiger charge is -2.27. The topological polar surface area (TPSA) is 29.8 Å². The lowest BCUT2D eigenvalue weighted by atomic mass is 9.84. The second kappa shape index (κ2) is 11.5. The molecule has 2 heterocycles. The van der Waals surface area contributed by atoms with Crippen LogP contribution in [0.15, 0.2) is 58.9 Å². The van der Waals surface area contributed by atoms with Crippen LogP contribution in [0.1, 0.15) is 56.1 Å². The zero-order chi connectivity index (χ0) is 23.2. The zero-order valence-corrected chi connectivity index (χ0v) is 21.2. The summed E-state index contributed by atoms with van der Waals surface area (Å²) in [5.74, 6) is 0.746. The van der Waals surface area contributed by atoms with Gasteiger partial charge in [0.15, 0.2) is 4.80 Å². The van der Waals surface area contributed by atoms with Crippen LogP contribution in [0.25, 0.3) is 11.3 Å². The van der Waals surface area contributed by atoms with E-state index in [2.05, 4.69) is 70.3 Å². The fourth-order valence-corrected chi connectivity index (χ4v) is 6.17. The van der Waals surface area contributed by atoms with E-state index in [9.17, 15) is 0 Å². The number of rotatable bonds is 7. The van der Waals surface area contributed by atoms with Crippen molar-refractivity contribution in [1.29, 1.82) is 0 Å². The SMILES string of the molecule is CCc1ccc(N=c2scc(-c3ccc(C4CCCCC4)cc3)n2CCN2CCOCC2)cc1. The number of morpholine rings is 1. The van der Waals surface area contributed by atoms with E-state index in [0.29, 0.717) is 0 Å². The summed E-state index contributed by atoms with van der Waals surface area (Å²) < 4.78 is 7.97. The lowest BCUT2D eigenvalue weighted by Crippen LogP contribution is -2.39. The molecule has 1 aliphatic heterocycles. The van der Waals surface area contributed by atoms with Crippen molar-refractivity contribution in [2.75, 3.05) is 32.8 Å². The quantitative estimate of drug-likeness (QED) is 0.396. The van der Waals surface area contributed by atoms with Crippen LogP contribution < -0.4 is 4.80 Å². The number of aromatic nitrogens is 1. The number of nitrogens with zero attached hydrogens (tertiary/aromatic N) is 3. The number of thiazole rings is 1. The molecular weight excluding hydrogens is 438 g/mol. The summed E-state index contributed by atoms with van der Waals surface area (Å²) in [6.45, 7) is 7.86. The molecule has 34 heavy (non-hydrogen) atoms. The van der Waals surface area contributed by atoms with E-state index in [1.165, 1.54) is 54.5 Å². The lowest BCUT2D eigenvalue weighted by molar-refractivity contribution is 0.0363. The van der Waals surface area contributed by atoms with E-state index < -0.39 is 0 Å². The molecule has 0 amide bonds. The molecule has 1 saturated heterocycles. The van der Waals surface area contributed by atoms with Crippen LogP contribution in [0.5, 0.6) is 0 Å². The van der Waals surface area contributed by atoms with Crippen molar-refractivity contribution in [3.8, 4) is 11.3 Å². The van der Waals surface area contributed by atoms with Crippen LogP contribution in [0, 0.1) is 0 Å². The fraction of sp³-hybridized carbons (Fsp3) is 0.483. The van der Waals surface area contributed by atoms with E-state index in [0.717, 1.165) is 62.2 Å². The molecule has 5 rings (SSSR count). The Labute approximate surface area is 207 Å². The van der Waals surface area contributed by atoms with Crippen molar-refractivity contribution in [2.45, 2.75) is 57.9 Å². The Bertz CT molecular complexity index is 1100. The third-order valence-corrected chi connectivity index (χ3v) is 8.26. The van der Waals surface area contributed by atoms with Crippen LogP contribution in [0.3, 0.4) is 0 Å². The van der Waals surface area contributed by atoms with Gasteiger partial charge in [0.25, 0.3) is 0 Å². The van der Waals surface area contributed by atoms with Crippen LogP contribution in [0.4, 0.5) is 5.69 Å². The van der Waals surface area contributed by atoms with Crippen LogP contribution in [-0.2, 0) is 17.7 Å². The predicted molar refractivity (Wildman–Crippen MR) is 142 cm³/mol. The number of hydrogen-bond donors (Lipinski definition) is 0. The van der Waals surface area contributed by atoms with Crippen LogP contribution in [0.2, 0.25) is 0 Å². The molecule has 1 aromatic heterocycles. The van der Waals surface area contributed by atoms with Gasteiger partial charge < -0.3 is 9.30 Å². The van der Waals surface area contributed by atoms with Gasteiger partial charge in [0, 0.05) is 31.6 Å². The highest BCUT2D eigenvalue weighted by atomic mass is 32.1. The molecule has 180 valence electrons. The van der Waals surface area contributed by atoms with Gasteiger partial charge in [0.2, 0.25) is 0 Å². The highest BCUT2D eigenvalue weighted by Crippen LogP contribution is 2.33. The number of benzene rings is 2. The van der Waals surface area contributed by atoms with E-state index in [1.807, 2.05) is 0 Å².